The van der Waals surface area contributed by atoms with Crippen LogP contribution in [0.3, 0.4) is 0 Å². The second kappa shape index (κ2) is 10.4. The molecule has 1 aliphatic rings. The van der Waals surface area contributed by atoms with Crippen LogP contribution in [0.25, 0.3) is 33.4 Å². The third-order valence-electron chi connectivity index (χ3n) is 7.44. The maximum atomic E-state index is 12.5. The number of ether oxygens (including phenoxy) is 2. The van der Waals surface area contributed by atoms with E-state index in [9.17, 15) is 4.79 Å². The van der Waals surface area contributed by atoms with Gasteiger partial charge in [0.2, 0.25) is 11.8 Å². The smallest absolute Gasteiger partial charge is 0.250 e. The molecule has 0 bridgehead atoms. The van der Waals surface area contributed by atoms with E-state index >= 15 is 0 Å². The molecule has 0 radical (unpaired) electrons. The van der Waals surface area contributed by atoms with Gasteiger partial charge in [0.15, 0.2) is 11.5 Å². The van der Waals surface area contributed by atoms with Gasteiger partial charge in [0.1, 0.15) is 17.8 Å². The Balaban J connectivity index is 1.52. The first-order valence-electron chi connectivity index (χ1n) is 13.4. The molecule has 1 amide bonds. The van der Waals surface area contributed by atoms with Gasteiger partial charge in [0.05, 0.1) is 18.2 Å². The summed E-state index contributed by atoms with van der Waals surface area (Å²) < 4.78 is 13.9. The number of fused-ring (bicyclic) bond motifs is 2. The Bertz CT molecular complexity index is 1830. The average molecular weight is 547 g/mol. The lowest BCUT2D eigenvalue weighted by Crippen LogP contribution is -2.34. The van der Waals surface area contributed by atoms with E-state index in [1.165, 1.54) is 12.4 Å². The summed E-state index contributed by atoms with van der Waals surface area (Å²) in [4.78, 5) is 27.6. The zero-order chi connectivity index (χ0) is 28.7. The van der Waals surface area contributed by atoms with Crippen LogP contribution < -0.4 is 20.1 Å². The van der Waals surface area contributed by atoms with E-state index < -0.39 is 0 Å². The Kier molecular flexibility index (Phi) is 6.62. The minimum Gasteiger partial charge on any atom is -0.493 e. The molecule has 5 aromatic rings. The first kappa shape index (κ1) is 26.1. The number of rotatable bonds is 6. The van der Waals surface area contributed by atoms with E-state index in [1.54, 1.807) is 18.1 Å². The fraction of sp³-hybridized carbons (Fsp3) is 0.188. The summed E-state index contributed by atoms with van der Waals surface area (Å²) in [5.74, 6) is 1.87. The second-order valence-corrected chi connectivity index (χ2v) is 9.97. The lowest BCUT2D eigenvalue weighted by atomic mass is 9.94. The lowest BCUT2D eigenvalue weighted by molar-refractivity contribution is -0.114. The Morgan fingerprint density at radius 2 is 1.90 bits per heavy atom. The maximum absolute atomic E-state index is 12.5. The van der Waals surface area contributed by atoms with Crippen LogP contribution in [0, 0.1) is 6.92 Å². The highest BCUT2D eigenvalue weighted by Crippen LogP contribution is 2.45. The Morgan fingerprint density at radius 1 is 1.07 bits per heavy atom. The van der Waals surface area contributed by atoms with Gasteiger partial charge in [-0.1, -0.05) is 24.8 Å². The first-order valence-corrected chi connectivity index (χ1v) is 13.4. The zero-order valence-electron chi connectivity index (χ0n) is 23.2. The van der Waals surface area contributed by atoms with E-state index in [2.05, 4.69) is 27.6 Å². The minimum atomic E-state index is -0.0951. The molecular weight excluding hydrogens is 516 g/mol. The van der Waals surface area contributed by atoms with Crippen molar-refractivity contribution in [2.45, 2.75) is 19.8 Å². The largest absolute Gasteiger partial charge is 0.493 e. The summed E-state index contributed by atoms with van der Waals surface area (Å²) in [6, 6.07) is 17.6. The van der Waals surface area contributed by atoms with Gasteiger partial charge in [0.25, 0.3) is 0 Å². The van der Waals surface area contributed by atoms with E-state index in [-0.39, 0.29) is 5.91 Å². The van der Waals surface area contributed by atoms with Crippen molar-refractivity contribution in [2.75, 3.05) is 24.3 Å². The lowest BCUT2D eigenvalue weighted by Gasteiger charge is -2.29. The molecule has 0 aliphatic carbocycles. The van der Waals surface area contributed by atoms with Crippen molar-refractivity contribution < 1.29 is 14.3 Å². The number of anilines is 2. The number of aryl methyl sites for hydroxylation is 3. The summed E-state index contributed by atoms with van der Waals surface area (Å²) in [7, 11) is 3.58. The van der Waals surface area contributed by atoms with Crippen molar-refractivity contribution in [2.24, 2.45) is 7.05 Å². The molecule has 206 valence electrons. The quantitative estimate of drug-likeness (QED) is 0.266. The molecule has 0 saturated heterocycles. The number of nitrogens with zero attached hydrogens (tertiary/aromatic N) is 5. The van der Waals surface area contributed by atoms with Gasteiger partial charge in [0, 0.05) is 36.6 Å². The predicted octanol–water partition coefficient (Wildman–Crippen LogP) is 5.85. The molecule has 2 aromatic carbocycles. The average Bonchev–Trinajstić information content (AvgIpc) is 3.29. The molecule has 1 aliphatic heterocycles. The summed E-state index contributed by atoms with van der Waals surface area (Å²) in [5, 5.41) is 0.752. The summed E-state index contributed by atoms with van der Waals surface area (Å²) in [6.07, 6.45) is 4.59. The van der Waals surface area contributed by atoms with Crippen LogP contribution in [0.2, 0.25) is 0 Å². The predicted molar refractivity (Wildman–Crippen MR) is 160 cm³/mol. The molecule has 4 heterocycles. The van der Waals surface area contributed by atoms with Gasteiger partial charge in [-0.05, 0) is 72.9 Å². The van der Waals surface area contributed by atoms with Crippen molar-refractivity contribution >= 4 is 28.4 Å². The van der Waals surface area contributed by atoms with Crippen LogP contribution in [0.15, 0.2) is 73.6 Å². The fourth-order valence-corrected chi connectivity index (χ4v) is 5.57. The van der Waals surface area contributed by atoms with E-state index in [1.807, 2.05) is 61.0 Å². The normalized spacial score (nSPS) is 12.7. The molecule has 41 heavy (non-hydrogen) atoms. The van der Waals surface area contributed by atoms with Crippen molar-refractivity contribution in [3.8, 4) is 39.8 Å². The van der Waals surface area contributed by atoms with E-state index in [0.717, 1.165) is 57.6 Å². The number of carbonyl (C=O) groups excluding carboxylic acids is 1. The molecule has 0 fully saturated rings. The topological polar surface area (TPSA) is 108 Å². The number of aromatic nitrogens is 4. The van der Waals surface area contributed by atoms with E-state index in [0.29, 0.717) is 35.4 Å². The molecule has 9 heteroatoms. The van der Waals surface area contributed by atoms with Crippen LogP contribution >= 0.6 is 0 Å². The number of carbonyl (C=O) groups is 1. The Hall–Kier alpha value is -5.18. The van der Waals surface area contributed by atoms with Crippen molar-refractivity contribution in [1.82, 2.24) is 19.5 Å². The van der Waals surface area contributed by atoms with E-state index in [4.69, 9.17) is 15.2 Å². The fourth-order valence-electron chi connectivity index (χ4n) is 5.57. The molecule has 0 spiro atoms. The molecular formula is C32H30N6O3. The number of amides is 1. The van der Waals surface area contributed by atoms with Crippen LogP contribution in [0.1, 0.15) is 17.7 Å². The maximum Gasteiger partial charge on any atom is 0.250 e. The number of nitrogen functional groups attached to an aromatic ring is 1. The second-order valence-electron chi connectivity index (χ2n) is 9.97. The van der Waals surface area contributed by atoms with Crippen molar-refractivity contribution in [1.29, 1.82) is 0 Å². The van der Waals surface area contributed by atoms with Gasteiger partial charge in [-0.25, -0.2) is 15.0 Å². The zero-order valence-corrected chi connectivity index (χ0v) is 23.2. The molecule has 3 aromatic heterocycles. The van der Waals surface area contributed by atoms with Crippen LogP contribution in [-0.2, 0) is 18.3 Å². The highest BCUT2D eigenvalue weighted by molar-refractivity contribution is 6.08. The number of hydrogen-bond acceptors (Lipinski definition) is 7. The number of hydrogen-bond donors (Lipinski definition) is 1. The van der Waals surface area contributed by atoms with Crippen LogP contribution in [0.5, 0.6) is 17.4 Å². The molecule has 6 rings (SSSR count). The van der Waals surface area contributed by atoms with Crippen molar-refractivity contribution in [3.63, 3.8) is 0 Å². The molecule has 9 nitrogen and oxygen atoms in total. The van der Waals surface area contributed by atoms with Gasteiger partial charge in [-0.3, -0.25) is 4.79 Å². The molecule has 0 atom stereocenters. The number of pyridine rings is 1. The third-order valence-corrected chi connectivity index (χ3v) is 7.44. The van der Waals surface area contributed by atoms with Gasteiger partial charge in [-0.2, -0.15) is 0 Å². The molecule has 0 saturated carbocycles. The SMILES string of the molecule is C=CC(=O)N1CCCc2cc(-c3c(-c4ccc(Oc5cccc(C)n5)c(OC)c4)c4c(N)ncnc4n3C)ccc21. The van der Waals surface area contributed by atoms with Gasteiger partial charge < -0.3 is 24.7 Å². The first-order chi connectivity index (χ1) is 19.9. The molecule has 2 N–H and O–H groups in total. The Morgan fingerprint density at radius 3 is 2.68 bits per heavy atom. The minimum absolute atomic E-state index is 0.0951. The molecule has 0 unspecified atom stereocenters. The third kappa shape index (κ3) is 4.55. The highest BCUT2D eigenvalue weighted by Gasteiger charge is 2.26. The number of benzene rings is 2. The Labute approximate surface area is 237 Å². The number of methoxy groups -OCH3 is 1. The summed E-state index contributed by atoms with van der Waals surface area (Å²) in [6.45, 7) is 6.26. The van der Waals surface area contributed by atoms with Gasteiger partial charge >= 0.3 is 0 Å². The van der Waals surface area contributed by atoms with Crippen molar-refractivity contribution in [3.05, 3.63) is 84.8 Å². The monoisotopic (exact) mass is 546 g/mol. The highest BCUT2D eigenvalue weighted by atomic mass is 16.5. The summed E-state index contributed by atoms with van der Waals surface area (Å²) >= 11 is 0. The van der Waals surface area contributed by atoms with Crippen LogP contribution in [-0.4, -0.2) is 39.1 Å². The summed E-state index contributed by atoms with van der Waals surface area (Å²) in [5.41, 5.74) is 13.7. The standard InChI is InChI=1S/C32H30N6O3/c1-5-27(39)38-15-7-9-20-16-22(11-13-23(20)38)30-28(29-31(33)34-18-35-32(29)37(30)3)21-12-14-24(25(17-21)40-4)41-26-10-6-8-19(2)36-26/h5-6,8,10-14,16-18H,1,7,9,15H2,2-4H3,(H2,33,34,35). The van der Waals surface area contributed by atoms with Gasteiger partial charge in [-0.15, -0.1) is 0 Å². The number of nitrogens with two attached hydrogens (primary N) is 1. The van der Waals surface area contributed by atoms with Crippen LogP contribution in [0.4, 0.5) is 11.5 Å².